The summed E-state index contributed by atoms with van der Waals surface area (Å²) >= 11 is 6.04. The van der Waals surface area contributed by atoms with Crippen LogP contribution in [0, 0.1) is 0 Å². The van der Waals surface area contributed by atoms with Crippen LogP contribution in [-0.4, -0.2) is 29.2 Å². The standard InChI is InChI=1S/C24H23ClN4O3/c1-3-32-20-11-9-19(10-12-20)29(26)24-27-21-14-17(23(30)31-2)6-13-22(21)28(24)15-16-4-7-18(25)8-5-16/h4-14H,3,15,26H2,1-2H3. The van der Waals surface area contributed by atoms with Crippen molar-refractivity contribution in [3.63, 3.8) is 0 Å². The van der Waals surface area contributed by atoms with E-state index in [1.807, 2.05) is 66.1 Å². The number of fused-ring (bicyclic) bond motifs is 1. The summed E-state index contributed by atoms with van der Waals surface area (Å²) in [5.41, 5.74) is 3.68. The molecule has 0 spiro atoms. The number of ether oxygens (including phenoxy) is 2. The summed E-state index contributed by atoms with van der Waals surface area (Å²) in [5.74, 6) is 7.38. The minimum atomic E-state index is -0.420. The van der Waals surface area contributed by atoms with Crippen LogP contribution in [0.5, 0.6) is 5.75 Å². The minimum absolute atomic E-state index is 0.420. The van der Waals surface area contributed by atoms with E-state index in [-0.39, 0.29) is 0 Å². The van der Waals surface area contributed by atoms with Crippen LogP contribution in [0.25, 0.3) is 11.0 Å². The molecule has 4 aromatic rings. The van der Waals surface area contributed by atoms with Gasteiger partial charge in [-0.3, -0.25) is 0 Å². The maximum atomic E-state index is 12.0. The Hall–Kier alpha value is -3.55. The Bertz CT molecular complexity index is 1240. The Morgan fingerprint density at radius 2 is 1.81 bits per heavy atom. The molecule has 32 heavy (non-hydrogen) atoms. The number of halogens is 1. The van der Waals surface area contributed by atoms with Crippen molar-refractivity contribution in [2.75, 3.05) is 18.7 Å². The van der Waals surface area contributed by atoms with Gasteiger partial charge in [-0.2, -0.15) is 0 Å². The quantitative estimate of drug-likeness (QED) is 0.244. The molecule has 164 valence electrons. The molecule has 0 aliphatic carbocycles. The Labute approximate surface area is 190 Å². The van der Waals surface area contributed by atoms with Gasteiger partial charge in [0.05, 0.1) is 42.5 Å². The number of hydrazine groups is 1. The van der Waals surface area contributed by atoms with E-state index in [1.165, 1.54) is 12.1 Å². The summed E-state index contributed by atoms with van der Waals surface area (Å²) in [5, 5.41) is 2.19. The average Bonchev–Trinajstić information content (AvgIpc) is 3.17. The highest BCUT2D eigenvalue weighted by Crippen LogP contribution is 2.29. The van der Waals surface area contributed by atoms with Crippen LogP contribution in [0.4, 0.5) is 11.6 Å². The molecule has 4 rings (SSSR count). The van der Waals surface area contributed by atoms with Gasteiger partial charge >= 0.3 is 5.97 Å². The molecule has 0 saturated carbocycles. The number of aromatic nitrogens is 2. The van der Waals surface area contributed by atoms with Gasteiger partial charge in [0.25, 0.3) is 0 Å². The second kappa shape index (κ2) is 9.30. The van der Waals surface area contributed by atoms with E-state index in [2.05, 4.69) is 0 Å². The highest BCUT2D eigenvalue weighted by molar-refractivity contribution is 6.30. The fraction of sp³-hybridized carbons (Fsp3) is 0.167. The molecule has 0 radical (unpaired) electrons. The molecule has 0 bridgehead atoms. The number of imidazole rings is 1. The summed E-state index contributed by atoms with van der Waals surface area (Å²) in [6.07, 6.45) is 0. The number of rotatable bonds is 7. The van der Waals surface area contributed by atoms with Crippen molar-refractivity contribution < 1.29 is 14.3 Å². The summed E-state index contributed by atoms with van der Waals surface area (Å²) < 4.78 is 12.4. The van der Waals surface area contributed by atoms with E-state index in [1.54, 1.807) is 12.1 Å². The fourth-order valence-corrected chi connectivity index (χ4v) is 3.59. The number of carbonyl (C=O) groups excluding carboxylic acids is 1. The molecule has 7 nitrogen and oxygen atoms in total. The zero-order valence-electron chi connectivity index (χ0n) is 17.8. The zero-order valence-corrected chi connectivity index (χ0v) is 18.5. The summed E-state index contributed by atoms with van der Waals surface area (Å²) in [4.78, 5) is 16.7. The molecule has 0 fully saturated rings. The lowest BCUT2D eigenvalue weighted by Gasteiger charge is -2.20. The van der Waals surface area contributed by atoms with Crippen LogP contribution in [0.2, 0.25) is 5.02 Å². The topological polar surface area (TPSA) is 82.6 Å². The lowest BCUT2D eigenvalue weighted by Crippen LogP contribution is -2.28. The van der Waals surface area contributed by atoms with Gasteiger partial charge < -0.3 is 14.0 Å². The maximum Gasteiger partial charge on any atom is 0.337 e. The Kier molecular flexibility index (Phi) is 6.30. The van der Waals surface area contributed by atoms with Crippen LogP contribution >= 0.6 is 11.6 Å². The van der Waals surface area contributed by atoms with Crippen molar-refractivity contribution in [3.8, 4) is 5.75 Å². The van der Waals surface area contributed by atoms with Crippen molar-refractivity contribution >= 4 is 40.2 Å². The van der Waals surface area contributed by atoms with Crippen LogP contribution < -0.4 is 15.6 Å². The first kappa shape index (κ1) is 21.7. The van der Waals surface area contributed by atoms with Crippen molar-refractivity contribution in [1.82, 2.24) is 9.55 Å². The number of hydrogen-bond acceptors (Lipinski definition) is 6. The van der Waals surface area contributed by atoms with Gasteiger partial charge in [-0.15, -0.1) is 0 Å². The van der Waals surface area contributed by atoms with Crippen molar-refractivity contribution in [2.45, 2.75) is 13.5 Å². The van der Waals surface area contributed by atoms with E-state index in [0.29, 0.717) is 35.2 Å². The van der Waals surface area contributed by atoms with Crippen molar-refractivity contribution in [2.24, 2.45) is 5.84 Å². The summed E-state index contributed by atoms with van der Waals surface area (Å²) in [7, 11) is 1.35. The predicted molar refractivity (Wildman–Crippen MR) is 126 cm³/mol. The number of hydrogen-bond donors (Lipinski definition) is 1. The molecule has 0 aliphatic heterocycles. The maximum absolute atomic E-state index is 12.0. The number of methoxy groups -OCH3 is 1. The molecule has 2 N–H and O–H groups in total. The monoisotopic (exact) mass is 450 g/mol. The van der Waals surface area contributed by atoms with E-state index < -0.39 is 5.97 Å². The summed E-state index contributed by atoms with van der Waals surface area (Å²) in [6, 6.07) is 20.3. The summed E-state index contributed by atoms with van der Waals surface area (Å²) in [6.45, 7) is 3.04. The van der Waals surface area contributed by atoms with Crippen LogP contribution in [0.3, 0.4) is 0 Å². The van der Waals surface area contributed by atoms with Crippen LogP contribution in [0.1, 0.15) is 22.8 Å². The second-order valence-corrected chi connectivity index (χ2v) is 7.55. The second-order valence-electron chi connectivity index (χ2n) is 7.12. The van der Waals surface area contributed by atoms with Gasteiger partial charge in [-0.05, 0) is 67.1 Å². The number of nitrogens with zero attached hydrogens (tertiary/aromatic N) is 3. The molecule has 1 aromatic heterocycles. The number of carbonyl (C=O) groups is 1. The third-order valence-electron chi connectivity index (χ3n) is 5.04. The number of nitrogens with two attached hydrogens (primary N) is 1. The predicted octanol–water partition coefficient (Wildman–Crippen LogP) is 4.94. The van der Waals surface area contributed by atoms with Crippen LogP contribution in [-0.2, 0) is 11.3 Å². The number of benzene rings is 3. The highest BCUT2D eigenvalue weighted by Gasteiger charge is 2.18. The molecule has 0 aliphatic rings. The van der Waals surface area contributed by atoms with Gasteiger partial charge in [0.1, 0.15) is 5.75 Å². The number of anilines is 2. The van der Waals surface area contributed by atoms with Crippen molar-refractivity contribution in [1.29, 1.82) is 0 Å². The SMILES string of the molecule is CCOc1ccc(N(N)c2nc3cc(C(=O)OC)ccc3n2Cc2ccc(Cl)cc2)cc1. The Morgan fingerprint density at radius 1 is 1.09 bits per heavy atom. The largest absolute Gasteiger partial charge is 0.494 e. The zero-order chi connectivity index (χ0) is 22.7. The molecule has 0 saturated heterocycles. The molecule has 1 heterocycles. The third-order valence-corrected chi connectivity index (χ3v) is 5.30. The first-order valence-corrected chi connectivity index (χ1v) is 10.5. The smallest absolute Gasteiger partial charge is 0.337 e. The molecular weight excluding hydrogens is 428 g/mol. The molecule has 3 aromatic carbocycles. The molecule has 0 atom stereocenters. The van der Waals surface area contributed by atoms with Gasteiger partial charge in [0, 0.05) is 5.02 Å². The lowest BCUT2D eigenvalue weighted by molar-refractivity contribution is 0.0601. The minimum Gasteiger partial charge on any atom is -0.494 e. The van der Waals surface area contributed by atoms with Crippen molar-refractivity contribution in [3.05, 3.63) is 82.9 Å². The molecule has 8 heteroatoms. The van der Waals surface area contributed by atoms with E-state index >= 15 is 0 Å². The molecule has 0 amide bonds. The molecule has 0 unspecified atom stereocenters. The van der Waals surface area contributed by atoms with E-state index in [0.717, 1.165) is 22.5 Å². The van der Waals surface area contributed by atoms with Gasteiger partial charge in [-0.1, -0.05) is 23.7 Å². The Morgan fingerprint density at radius 3 is 2.47 bits per heavy atom. The van der Waals surface area contributed by atoms with Gasteiger partial charge in [0.2, 0.25) is 5.95 Å². The highest BCUT2D eigenvalue weighted by atomic mass is 35.5. The van der Waals surface area contributed by atoms with Gasteiger partial charge in [-0.25, -0.2) is 20.6 Å². The number of esters is 1. The average molecular weight is 451 g/mol. The first-order valence-electron chi connectivity index (χ1n) is 10.1. The Balaban J connectivity index is 1.79. The molecular formula is C24H23ClN4O3. The van der Waals surface area contributed by atoms with Gasteiger partial charge in [0.15, 0.2) is 0 Å². The van der Waals surface area contributed by atoms with Crippen LogP contribution in [0.15, 0.2) is 66.7 Å². The van der Waals surface area contributed by atoms with E-state index in [9.17, 15) is 4.79 Å². The third kappa shape index (κ3) is 4.39. The fourth-order valence-electron chi connectivity index (χ4n) is 3.46. The lowest BCUT2D eigenvalue weighted by atomic mass is 10.2. The van der Waals surface area contributed by atoms with E-state index in [4.69, 9.17) is 31.9 Å². The first-order chi connectivity index (χ1) is 15.5. The normalized spacial score (nSPS) is 10.9.